The SMILES string of the molecule is CC(C)c1nc(C(=O)Nc2cnccc2C(=O)O)n[nH]1. The number of aromatic amines is 1. The molecule has 0 radical (unpaired) electrons. The predicted molar refractivity (Wildman–Crippen MR) is 69.6 cm³/mol. The van der Waals surface area contributed by atoms with Gasteiger partial charge >= 0.3 is 5.97 Å². The molecule has 0 bridgehead atoms. The van der Waals surface area contributed by atoms with Crippen LogP contribution in [0.4, 0.5) is 5.69 Å². The maximum atomic E-state index is 11.9. The molecule has 104 valence electrons. The van der Waals surface area contributed by atoms with Crippen molar-refractivity contribution in [2.45, 2.75) is 19.8 Å². The zero-order valence-corrected chi connectivity index (χ0v) is 10.9. The number of rotatable bonds is 4. The lowest BCUT2D eigenvalue weighted by Crippen LogP contribution is -2.16. The fourth-order valence-corrected chi connectivity index (χ4v) is 1.49. The Morgan fingerprint density at radius 2 is 2.15 bits per heavy atom. The van der Waals surface area contributed by atoms with E-state index in [1.165, 1.54) is 18.5 Å². The highest BCUT2D eigenvalue weighted by molar-refractivity contribution is 6.05. The van der Waals surface area contributed by atoms with Crippen molar-refractivity contribution < 1.29 is 14.7 Å². The average Bonchev–Trinajstić information content (AvgIpc) is 2.89. The molecule has 3 N–H and O–H groups in total. The Hall–Kier alpha value is -2.77. The van der Waals surface area contributed by atoms with Gasteiger partial charge in [0.05, 0.1) is 17.4 Å². The highest BCUT2D eigenvalue weighted by Gasteiger charge is 2.17. The Kier molecular flexibility index (Phi) is 3.74. The standard InChI is InChI=1S/C12H13N5O3/c1-6(2)9-15-10(17-16-9)11(18)14-8-5-13-4-3-7(8)12(19)20/h3-6H,1-2H3,(H,14,18)(H,19,20)(H,15,16,17). The number of carboxylic acids is 1. The summed E-state index contributed by atoms with van der Waals surface area (Å²) in [6.45, 7) is 3.82. The zero-order valence-electron chi connectivity index (χ0n) is 10.9. The van der Waals surface area contributed by atoms with Crippen LogP contribution in [0.1, 0.15) is 46.6 Å². The zero-order chi connectivity index (χ0) is 14.7. The van der Waals surface area contributed by atoms with Crippen LogP contribution in [0, 0.1) is 0 Å². The van der Waals surface area contributed by atoms with Crippen LogP contribution in [0.2, 0.25) is 0 Å². The topological polar surface area (TPSA) is 121 Å². The van der Waals surface area contributed by atoms with Crippen LogP contribution in [0.15, 0.2) is 18.5 Å². The van der Waals surface area contributed by atoms with E-state index in [1.54, 1.807) is 0 Å². The molecule has 8 nitrogen and oxygen atoms in total. The van der Waals surface area contributed by atoms with Gasteiger partial charge in [-0.15, -0.1) is 5.10 Å². The van der Waals surface area contributed by atoms with Crippen molar-refractivity contribution in [3.05, 3.63) is 35.7 Å². The quantitative estimate of drug-likeness (QED) is 0.772. The molecule has 8 heteroatoms. The first-order valence-corrected chi connectivity index (χ1v) is 5.90. The smallest absolute Gasteiger partial charge is 0.337 e. The van der Waals surface area contributed by atoms with Gasteiger partial charge in [-0.1, -0.05) is 13.8 Å². The van der Waals surface area contributed by atoms with E-state index in [-0.39, 0.29) is 23.0 Å². The van der Waals surface area contributed by atoms with Crippen molar-refractivity contribution in [1.29, 1.82) is 0 Å². The highest BCUT2D eigenvalue weighted by Crippen LogP contribution is 2.14. The summed E-state index contributed by atoms with van der Waals surface area (Å²) in [5.74, 6) is -1.10. The third-order valence-corrected chi connectivity index (χ3v) is 2.55. The molecular weight excluding hydrogens is 262 g/mol. The van der Waals surface area contributed by atoms with Gasteiger partial charge in [0.15, 0.2) is 0 Å². The van der Waals surface area contributed by atoms with E-state index in [1.807, 2.05) is 13.8 Å². The van der Waals surface area contributed by atoms with E-state index in [9.17, 15) is 9.59 Å². The van der Waals surface area contributed by atoms with Crippen LogP contribution in [0.25, 0.3) is 0 Å². The molecule has 0 spiro atoms. The van der Waals surface area contributed by atoms with Crippen LogP contribution in [0.5, 0.6) is 0 Å². The summed E-state index contributed by atoms with van der Waals surface area (Å²) < 4.78 is 0. The molecule has 20 heavy (non-hydrogen) atoms. The van der Waals surface area contributed by atoms with Crippen LogP contribution in [0.3, 0.4) is 0 Å². The van der Waals surface area contributed by atoms with Gasteiger partial charge < -0.3 is 10.4 Å². The minimum Gasteiger partial charge on any atom is -0.478 e. The fraction of sp³-hybridized carbons (Fsp3) is 0.250. The van der Waals surface area contributed by atoms with E-state index in [0.29, 0.717) is 5.82 Å². The molecule has 2 heterocycles. The summed E-state index contributed by atoms with van der Waals surface area (Å²) in [4.78, 5) is 30.8. The first-order chi connectivity index (χ1) is 9.49. The molecular formula is C12H13N5O3. The number of nitrogens with one attached hydrogen (secondary N) is 2. The average molecular weight is 275 g/mol. The van der Waals surface area contributed by atoms with Gasteiger partial charge in [0, 0.05) is 12.1 Å². The fourth-order valence-electron chi connectivity index (χ4n) is 1.49. The molecule has 0 saturated carbocycles. The second-order valence-electron chi connectivity index (χ2n) is 4.38. The maximum absolute atomic E-state index is 11.9. The number of aromatic nitrogens is 4. The second-order valence-corrected chi connectivity index (χ2v) is 4.38. The number of carboxylic acid groups (broad SMARTS) is 1. The summed E-state index contributed by atoms with van der Waals surface area (Å²) in [6, 6.07) is 1.30. The van der Waals surface area contributed by atoms with Crippen molar-refractivity contribution in [3.8, 4) is 0 Å². The molecule has 2 aromatic heterocycles. The lowest BCUT2D eigenvalue weighted by Gasteiger charge is -2.05. The number of aromatic carboxylic acids is 1. The van der Waals surface area contributed by atoms with Crippen molar-refractivity contribution in [1.82, 2.24) is 20.2 Å². The Balaban J connectivity index is 2.21. The first kappa shape index (κ1) is 13.7. The predicted octanol–water partition coefficient (Wildman–Crippen LogP) is 1.27. The summed E-state index contributed by atoms with van der Waals surface area (Å²) in [7, 11) is 0. The van der Waals surface area contributed by atoms with E-state index in [4.69, 9.17) is 5.11 Å². The number of hydrogen-bond acceptors (Lipinski definition) is 5. The van der Waals surface area contributed by atoms with Crippen molar-refractivity contribution in [2.75, 3.05) is 5.32 Å². The molecule has 0 aliphatic rings. The first-order valence-electron chi connectivity index (χ1n) is 5.90. The molecule has 0 aliphatic heterocycles. The third-order valence-electron chi connectivity index (χ3n) is 2.55. The molecule has 0 aliphatic carbocycles. The molecule has 0 unspecified atom stereocenters. The molecule has 2 rings (SSSR count). The molecule has 0 fully saturated rings. The summed E-state index contributed by atoms with van der Waals surface area (Å²) >= 11 is 0. The van der Waals surface area contributed by atoms with E-state index in [0.717, 1.165) is 0 Å². The number of nitrogens with zero attached hydrogens (tertiary/aromatic N) is 3. The van der Waals surface area contributed by atoms with Gasteiger partial charge in [0.2, 0.25) is 5.82 Å². The van der Waals surface area contributed by atoms with Gasteiger partial charge in [-0.3, -0.25) is 14.9 Å². The van der Waals surface area contributed by atoms with Gasteiger partial charge in [-0.05, 0) is 6.07 Å². The van der Waals surface area contributed by atoms with Gasteiger partial charge in [0.25, 0.3) is 5.91 Å². The number of carbonyl (C=O) groups is 2. The largest absolute Gasteiger partial charge is 0.478 e. The number of amides is 1. The van der Waals surface area contributed by atoms with Gasteiger partial charge in [-0.2, -0.15) is 0 Å². The molecule has 2 aromatic rings. The molecule has 0 aromatic carbocycles. The van der Waals surface area contributed by atoms with E-state index in [2.05, 4.69) is 25.5 Å². The minimum atomic E-state index is -1.15. The van der Waals surface area contributed by atoms with Gasteiger partial charge in [0.1, 0.15) is 5.82 Å². The number of carbonyl (C=O) groups excluding carboxylic acids is 1. The van der Waals surface area contributed by atoms with Crippen molar-refractivity contribution >= 4 is 17.6 Å². The third kappa shape index (κ3) is 2.79. The van der Waals surface area contributed by atoms with Crippen LogP contribution >= 0.6 is 0 Å². The summed E-state index contributed by atoms with van der Waals surface area (Å²) in [5.41, 5.74) is 0.0499. The van der Waals surface area contributed by atoms with Gasteiger partial charge in [-0.25, -0.2) is 9.78 Å². The lowest BCUT2D eigenvalue weighted by atomic mass is 10.2. The van der Waals surface area contributed by atoms with Crippen molar-refractivity contribution in [3.63, 3.8) is 0 Å². The second kappa shape index (κ2) is 5.47. The number of H-pyrrole nitrogens is 1. The molecule has 1 amide bonds. The lowest BCUT2D eigenvalue weighted by molar-refractivity contribution is 0.0698. The molecule has 0 saturated heterocycles. The van der Waals surface area contributed by atoms with E-state index >= 15 is 0 Å². The maximum Gasteiger partial charge on any atom is 0.337 e. The number of anilines is 1. The Bertz CT molecular complexity index is 650. The minimum absolute atomic E-state index is 0.0473. The van der Waals surface area contributed by atoms with Crippen LogP contribution in [-0.2, 0) is 0 Å². The summed E-state index contributed by atoms with van der Waals surface area (Å²) in [6.07, 6.45) is 2.60. The van der Waals surface area contributed by atoms with Crippen molar-refractivity contribution in [2.24, 2.45) is 0 Å². The monoisotopic (exact) mass is 275 g/mol. The Labute approximate surface area is 114 Å². The number of pyridine rings is 1. The summed E-state index contributed by atoms with van der Waals surface area (Å²) in [5, 5.41) is 17.9. The van der Waals surface area contributed by atoms with Crippen LogP contribution in [-0.4, -0.2) is 37.1 Å². The number of hydrogen-bond donors (Lipinski definition) is 3. The molecule has 0 atom stereocenters. The van der Waals surface area contributed by atoms with Crippen LogP contribution < -0.4 is 5.32 Å². The van der Waals surface area contributed by atoms with E-state index < -0.39 is 11.9 Å². The Morgan fingerprint density at radius 1 is 1.40 bits per heavy atom. The highest BCUT2D eigenvalue weighted by atomic mass is 16.4. The Morgan fingerprint density at radius 3 is 2.75 bits per heavy atom. The normalized spacial score (nSPS) is 10.6.